The Labute approximate surface area is 128 Å². The third-order valence-corrected chi connectivity index (χ3v) is 3.13. The van der Waals surface area contributed by atoms with Gasteiger partial charge in [-0.3, -0.25) is 4.68 Å². The first kappa shape index (κ1) is 15.4. The Bertz CT molecular complexity index is 685. The van der Waals surface area contributed by atoms with E-state index in [-0.39, 0.29) is 11.7 Å². The van der Waals surface area contributed by atoms with Gasteiger partial charge in [0.1, 0.15) is 18.2 Å². The molecule has 0 aliphatic rings. The van der Waals surface area contributed by atoms with Gasteiger partial charge in [-0.05, 0) is 30.7 Å². The molecule has 0 saturated carbocycles. The van der Waals surface area contributed by atoms with Crippen molar-refractivity contribution in [3.05, 3.63) is 47.0 Å². The molecule has 0 spiro atoms. The van der Waals surface area contributed by atoms with Crippen LogP contribution in [0.3, 0.4) is 0 Å². The molecule has 21 heavy (non-hydrogen) atoms. The number of aryl methyl sites for hydroxylation is 2. The fraction of sp³-hybridized carbons (Fsp3) is 0.312. The molecule has 0 N–H and O–H groups in total. The van der Waals surface area contributed by atoms with E-state index in [4.69, 9.17) is 16.3 Å². The van der Waals surface area contributed by atoms with Crippen LogP contribution in [0.25, 0.3) is 0 Å². The van der Waals surface area contributed by atoms with Crippen LogP contribution in [0.4, 0.5) is 4.39 Å². The SMILES string of the molecule is CCc1cc(COc2ccc(F)cc2C#CCCl)n(C)n1. The van der Waals surface area contributed by atoms with Crippen LogP contribution in [0.15, 0.2) is 24.3 Å². The van der Waals surface area contributed by atoms with E-state index in [1.165, 1.54) is 12.1 Å². The predicted molar refractivity (Wildman–Crippen MR) is 80.9 cm³/mol. The van der Waals surface area contributed by atoms with Crippen LogP contribution in [0.5, 0.6) is 5.75 Å². The van der Waals surface area contributed by atoms with Crippen LogP contribution < -0.4 is 4.74 Å². The molecule has 2 aromatic rings. The van der Waals surface area contributed by atoms with E-state index in [2.05, 4.69) is 16.9 Å². The van der Waals surface area contributed by atoms with Gasteiger partial charge in [-0.15, -0.1) is 11.6 Å². The smallest absolute Gasteiger partial charge is 0.135 e. The standard InChI is InChI=1S/C16H16ClFN2O/c1-3-14-10-15(20(2)19-14)11-21-16-7-6-13(18)9-12(16)5-4-8-17/h6-7,9-10H,3,8,11H2,1-2H3. The zero-order chi connectivity index (χ0) is 15.2. The average molecular weight is 307 g/mol. The summed E-state index contributed by atoms with van der Waals surface area (Å²) in [4.78, 5) is 0. The summed E-state index contributed by atoms with van der Waals surface area (Å²) >= 11 is 5.54. The minimum Gasteiger partial charge on any atom is -0.486 e. The molecule has 0 aliphatic carbocycles. The molecule has 0 aliphatic heterocycles. The molecule has 110 valence electrons. The molecule has 0 amide bonds. The molecule has 0 fully saturated rings. The first-order chi connectivity index (χ1) is 10.1. The molecule has 1 aromatic heterocycles. The molecule has 5 heteroatoms. The maximum Gasteiger partial charge on any atom is 0.135 e. The van der Waals surface area contributed by atoms with Crippen molar-refractivity contribution in [3.8, 4) is 17.6 Å². The van der Waals surface area contributed by atoms with Gasteiger partial charge in [0.25, 0.3) is 0 Å². The number of nitrogens with zero attached hydrogens (tertiary/aromatic N) is 2. The minimum atomic E-state index is -0.352. The third-order valence-electron chi connectivity index (χ3n) is 3.00. The summed E-state index contributed by atoms with van der Waals surface area (Å²) in [5.41, 5.74) is 2.46. The number of aromatic nitrogens is 2. The molecule has 0 radical (unpaired) electrons. The molecule has 3 nitrogen and oxygen atoms in total. The highest BCUT2D eigenvalue weighted by Crippen LogP contribution is 2.20. The highest BCUT2D eigenvalue weighted by atomic mass is 35.5. The van der Waals surface area contributed by atoms with Crippen LogP contribution in [-0.4, -0.2) is 15.7 Å². The van der Waals surface area contributed by atoms with Gasteiger partial charge in [0.05, 0.1) is 22.8 Å². The van der Waals surface area contributed by atoms with E-state index in [1.54, 1.807) is 10.7 Å². The van der Waals surface area contributed by atoms with Gasteiger partial charge in [0, 0.05) is 7.05 Å². The van der Waals surface area contributed by atoms with Crippen molar-refractivity contribution in [1.29, 1.82) is 0 Å². The van der Waals surface area contributed by atoms with E-state index in [0.29, 0.717) is 17.9 Å². The number of alkyl halides is 1. The van der Waals surface area contributed by atoms with E-state index in [1.807, 2.05) is 20.0 Å². The van der Waals surface area contributed by atoms with Crippen LogP contribution in [0.1, 0.15) is 23.9 Å². The van der Waals surface area contributed by atoms with Crippen molar-refractivity contribution in [3.63, 3.8) is 0 Å². The van der Waals surface area contributed by atoms with Gasteiger partial charge in [0.2, 0.25) is 0 Å². The monoisotopic (exact) mass is 306 g/mol. The molecular weight excluding hydrogens is 291 g/mol. The molecule has 0 saturated heterocycles. The van der Waals surface area contributed by atoms with Crippen molar-refractivity contribution in [2.24, 2.45) is 7.05 Å². The van der Waals surface area contributed by atoms with Crippen molar-refractivity contribution in [1.82, 2.24) is 9.78 Å². The summed E-state index contributed by atoms with van der Waals surface area (Å²) < 4.78 is 20.8. The Balaban J connectivity index is 2.17. The lowest BCUT2D eigenvalue weighted by Crippen LogP contribution is -2.04. The Morgan fingerprint density at radius 3 is 2.86 bits per heavy atom. The number of benzene rings is 1. The fourth-order valence-electron chi connectivity index (χ4n) is 1.89. The van der Waals surface area contributed by atoms with E-state index < -0.39 is 0 Å². The normalized spacial score (nSPS) is 10.1. The first-order valence-corrected chi connectivity index (χ1v) is 7.16. The fourth-order valence-corrected chi connectivity index (χ4v) is 1.95. The van der Waals surface area contributed by atoms with Crippen molar-refractivity contribution >= 4 is 11.6 Å². The minimum absolute atomic E-state index is 0.192. The molecular formula is C16H16ClFN2O. The summed E-state index contributed by atoms with van der Waals surface area (Å²) in [6.45, 7) is 2.40. The number of halogens is 2. The lowest BCUT2D eigenvalue weighted by Gasteiger charge is -2.08. The summed E-state index contributed by atoms with van der Waals surface area (Å²) in [5, 5.41) is 4.36. The molecule has 1 aromatic carbocycles. The maximum atomic E-state index is 13.3. The molecule has 0 unspecified atom stereocenters. The Morgan fingerprint density at radius 2 is 2.19 bits per heavy atom. The lowest BCUT2D eigenvalue weighted by atomic mass is 10.2. The maximum absolute atomic E-state index is 13.3. The number of ether oxygens (including phenoxy) is 1. The van der Waals surface area contributed by atoms with Crippen molar-refractivity contribution < 1.29 is 9.13 Å². The van der Waals surface area contributed by atoms with Crippen LogP contribution in [-0.2, 0) is 20.1 Å². The zero-order valence-corrected chi connectivity index (χ0v) is 12.7. The predicted octanol–water partition coefficient (Wildman–Crippen LogP) is 3.29. The van der Waals surface area contributed by atoms with E-state index in [9.17, 15) is 4.39 Å². The van der Waals surface area contributed by atoms with E-state index in [0.717, 1.165) is 17.8 Å². The number of hydrogen-bond acceptors (Lipinski definition) is 2. The second-order valence-electron chi connectivity index (χ2n) is 4.47. The van der Waals surface area contributed by atoms with Crippen LogP contribution >= 0.6 is 11.6 Å². The Hall–Kier alpha value is -1.99. The summed E-state index contributed by atoms with van der Waals surface area (Å²) in [6.07, 6.45) is 0.872. The summed E-state index contributed by atoms with van der Waals surface area (Å²) in [5.74, 6) is 5.88. The molecule has 1 heterocycles. The highest BCUT2D eigenvalue weighted by Gasteiger charge is 2.07. The molecule has 0 atom stereocenters. The van der Waals surface area contributed by atoms with E-state index >= 15 is 0 Å². The quantitative estimate of drug-likeness (QED) is 0.640. The largest absolute Gasteiger partial charge is 0.486 e. The zero-order valence-electron chi connectivity index (χ0n) is 12.0. The first-order valence-electron chi connectivity index (χ1n) is 6.63. The van der Waals surface area contributed by atoms with Gasteiger partial charge in [-0.25, -0.2) is 4.39 Å². The number of hydrogen-bond donors (Lipinski definition) is 0. The Kier molecular flexibility index (Phi) is 5.24. The van der Waals surface area contributed by atoms with Gasteiger partial charge >= 0.3 is 0 Å². The second-order valence-corrected chi connectivity index (χ2v) is 4.74. The number of rotatable bonds is 4. The van der Waals surface area contributed by atoms with Gasteiger partial charge in [-0.2, -0.15) is 5.10 Å². The molecule has 2 rings (SSSR count). The van der Waals surface area contributed by atoms with Crippen molar-refractivity contribution in [2.45, 2.75) is 20.0 Å². The highest BCUT2D eigenvalue weighted by molar-refractivity contribution is 6.19. The van der Waals surface area contributed by atoms with Crippen LogP contribution in [0, 0.1) is 17.7 Å². The second kappa shape index (κ2) is 7.14. The topological polar surface area (TPSA) is 27.1 Å². The third kappa shape index (κ3) is 3.99. The lowest BCUT2D eigenvalue weighted by molar-refractivity contribution is 0.293. The Morgan fingerprint density at radius 1 is 1.38 bits per heavy atom. The molecule has 0 bridgehead atoms. The summed E-state index contributed by atoms with van der Waals surface area (Å²) in [7, 11) is 1.87. The average Bonchev–Trinajstić information content (AvgIpc) is 2.84. The van der Waals surface area contributed by atoms with Gasteiger partial charge in [-0.1, -0.05) is 18.8 Å². The summed E-state index contributed by atoms with van der Waals surface area (Å²) in [6, 6.07) is 6.26. The van der Waals surface area contributed by atoms with Crippen LogP contribution in [0.2, 0.25) is 0 Å². The van der Waals surface area contributed by atoms with Gasteiger partial charge in [0.15, 0.2) is 0 Å². The van der Waals surface area contributed by atoms with Gasteiger partial charge < -0.3 is 4.74 Å². The van der Waals surface area contributed by atoms with Crippen molar-refractivity contribution in [2.75, 3.05) is 5.88 Å².